The van der Waals surface area contributed by atoms with Gasteiger partial charge in [-0.05, 0) is 60.9 Å². The first kappa shape index (κ1) is 27.1. The molecule has 214 valence electrons. The molecule has 0 bridgehead atoms. The summed E-state index contributed by atoms with van der Waals surface area (Å²) in [4.78, 5) is 45.1. The number of tetrazole rings is 1. The number of urea groups is 1. The molecule has 1 aliphatic carbocycles. The number of H-pyrrole nitrogens is 1. The summed E-state index contributed by atoms with van der Waals surface area (Å²) in [5, 5.41) is 19.4. The lowest BCUT2D eigenvalue weighted by molar-refractivity contribution is -0.128. The molecule has 1 aromatic heterocycles. The first-order valence-electron chi connectivity index (χ1n) is 14.2. The van der Waals surface area contributed by atoms with E-state index in [-0.39, 0.29) is 6.04 Å². The fourth-order valence-electron chi connectivity index (χ4n) is 6.04. The summed E-state index contributed by atoms with van der Waals surface area (Å²) >= 11 is 0. The van der Waals surface area contributed by atoms with Gasteiger partial charge in [0.1, 0.15) is 0 Å². The van der Waals surface area contributed by atoms with E-state index < -0.39 is 23.9 Å². The maximum Gasteiger partial charge on any atom is 0.320 e. The number of aromatic amines is 1. The summed E-state index contributed by atoms with van der Waals surface area (Å²) < 4.78 is 0. The third-order valence-corrected chi connectivity index (χ3v) is 7.94. The van der Waals surface area contributed by atoms with Crippen LogP contribution < -0.4 is 20.4 Å². The summed E-state index contributed by atoms with van der Waals surface area (Å²) in [6, 6.07) is 21.2. The zero-order valence-electron chi connectivity index (χ0n) is 23.2. The van der Waals surface area contributed by atoms with Crippen LogP contribution in [-0.4, -0.2) is 50.6 Å². The monoisotopic (exact) mass is 564 g/mol. The summed E-state index contributed by atoms with van der Waals surface area (Å²) in [5.74, 6) is -0.112. The van der Waals surface area contributed by atoms with Crippen LogP contribution in [0.15, 0.2) is 78.9 Å². The highest BCUT2D eigenvalue weighted by Gasteiger charge is 2.43. The van der Waals surface area contributed by atoms with Crippen LogP contribution in [0, 0.1) is 5.92 Å². The van der Waals surface area contributed by atoms with Gasteiger partial charge in [0, 0.05) is 23.0 Å². The lowest BCUT2D eigenvalue weighted by atomic mass is 9.97. The molecule has 11 nitrogen and oxygen atoms in total. The Balaban J connectivity index is 1.34. The average Bonchev–Trinajstić information content (AvgIpc) is 3.71. The Bertz CT molecular complexity index is 1570. The van der Waals surface area contributed by atoms with E-state index >= 15 is 0 Å². The number of fused-ring (bicyclic) bond motifs is 1. The molecule has 42 heavy (non-hydrogen) atoms. The molecular formula is C31H32N8O3. The van der Waals surface area contributed by atoms with Crippen LogP contribution in [0.25, 0.3) is 11.4 Å². The highest BCUT2D eigenvalue weighted by molar-refractivity contribution is 6.24. The van der Waals surface area contributed by atoms with Crippen LogP contribution in [0.5, 0.6) is 0 Å². The molecule has 3 N–H and O–H groups in total. The molecule has 4 amide bonds. The molecule has 3 aromatic carbocycles. The number of nitrogens with one attached hydrogen (secondary N) is 3. The van der Waals surface area contributed by atoms with Crippen molar-refractivity contribution in [1.29, 1.82) is 0 Å². The highest BCUT2D eigenvalue weighted by Crippen LogP contribution is 2.40. The van der Waals surface area contributed by atoms with E-state index in [0.29, 0.717) is 40.1 Å². The van der Waals surface area contributed by atoms with Gasteiger partial charge in [-0.25, -0.2) is 4.79 Å². The van der Waals surface area contributed by atoms with Crippen molar-refractivity contribution in [1.82, 2.24) is 25.9 Å². The molecule has 4 aromatic rings. The van der Waals surface area contributed by atoms with Gasteiger partial charge in [0.25, 0.3) is 11.8 Å². The van der Waals surface area contributed by atoms with E-state index in [4.69, 9.17) is 0 Å². The third-order valence-electron chi connectivity index (χ3n) is 7.94. The minimum Gasteiger partial charge on any atom is -0.318 e. The second kappa shape index (κ2) is 11.8. The van der Waals surface area contributed by atoms with Crippen molar-refractivity contribution in [2.24, 2.45) is 5.92 Å². The first-order chi connectivity index (χ1) is 20.5. The number of amides is 4. The standard InChI is InChI=1S/C31H32N8O3/c1-20(18-21-10-5-6-11-21)38-25-16-7-8-17-26(25)39(24-14-3-2-4-15-24)30(41)27(29(38)40)33-31(42)32-23-13-9-12-22(19-23)28-34-36-37-35-28/h2-4,7-9,12-17,19-21,27H,5-6,10-11,18H2,1H3,(H2,32,33,42)(H,34,35,36,37). The second-order valence-corrected chi connectivity index (χ2v) is 10.8. The SMILES string of the molecule is CC(CC1CCCC1)N1C(=O)C(NC(=O)Nc2cccc(-c3nn[nH]n3)c2)C(=O)N(c2ccccc2)c2ccccc21. The number of carbonyl (C=O) groups excluding carboxylic acids is 3. The summed E-state index contributed by atoms with van der Waals surface area (Å²) in [6.07, 6.45) is 5.48. The van der Waals surface area contributed by atoms with Gasteiger partial charge in [0.15, 0.2) is 6.04 Å². The Labute approximate surface area is 243 Å². The first-order valence-corrected chi connectivity index (χ1v) is 14.2. The number of carbonyl (C=O) groups is 3. The normalized spacial score (nSPS) is 18.0. The summed E-state index contributed by atoms with van der Waals surface area (Å²) in [5.41, 5.74) is 2.92. The lowest BCUT2D eigenvalue weighted by Crippen LogP contribution is -2.57. The fourth-order valence-corrected chi connectivity index (χ4v) is 6.04. The molecule has 0 radical (unpaired) electrons. The quantitative estimate of drug-likeness (QED) is 0.269. The molecule has 11 heteroatoms. The Morgan fingerprint density at radius 1 is 0.952 bits per heavy atom. The van der Waals surface area contributed by atoms with Crippen molar-refractivity contribution < 1.29 is 14.4 Å². The van der Waals surface area contributed by atoms with Crippen molar-refractivity contribution in [2.75, 3.05) is 15.1 Å². The number of nitrogens with zero attached hydrogens (tertiary/aromatic N) is 5. The number of hydrogen-bond donors (Lipinski definition) is 3. The minimum absolute atomic E-state index is 0.177. The largest absolute Gasteiger partial charge is 0.320 e. The van der Waals surface area contributed by atoms with Crippen molar-refractivity contribution >= 4 is 40.6 Å². The number of para-hydroxylation sites is 3. The van der Waals surface area contributed by atoms with E-state index in [1.165, 1.54) is 17.7 Å². The molecular weight excluding hydrogens is 532 g/mol. The number of hydrogen-bond acceptors (Lipinski definition) is 6. The maximum absolute atomic E-state index is 14.3. The van der Waals surface area contributed by atoms with E-state index in [0.717, 1.165) is 19.3 Å². The van der Waals surface area contributed by atoms with Crippen LogP contribution in [0.4, 0.5) is 27.5 Å². The van der Waals surface area contributed by atoms with Gasteiger partial charge in [-0.3, -0.25) is 14.5 Å². The van der Waals surface area contributed by atoms with Crippen molar-refractivity contribution in [3.63, 3.8) is 0 Å². The predicted octanol–water partition coefficient (Wildman–Crippen LogP) is 5.04. The zero-order valence-corrected chi connectivity index (χ0v) is 23.2. The number of anilines is 4. The van der Waals surface area contributed by atoms with E-state index in [9.17, 15) is 14.4 Å². The van der Waals surface area contributed by atoms with Crippen LogP contribution in [0.2, 0.25) is 0 Å². The summed E-state index contributed by atoms with van der Waals surface area (Å²) in [7, 11) is 0. The topological polar surface area (TPSA) is 136 Å². The molecule has 2 atom stereocenters. The van der Waals surface area contributed by atoms with Gasteiger partial charge >= 0.3 is 6.03 Å². The van der Waals surface area contributed by atoms with E-state index in [1.54, 1.807) is 29.2 Å². The predicted molar refractivity (Wildman–Crippen MR) is 159 cm³/mol. The summed E-state index contributed by atoms with van der Waals surface area (Å²) in [6.45, 7) is 2.02. The van der Waals surface area contributed by atoms with Gasteiger partial charge < -0.3 is 15.5 Å². The minimum atomic E-state index is -1.45. The molecule has 0 spiro atoms. The average molecular weight is 565 g/mol. The smallest absolute Gasteiger partial charge is 0.318 e. The third kappa shape index (κ3) is 5.45. The Morgan fingerprint density at radius 2 is 1.69 bits per heavy atom. The van der Waals surface area contributed by atoms with Gasteiger partial charge in [-0.15, -0.1) is 10.2 Å². The maximum atomic E-state index is 14.3. The lowest BCUT2D eigenvalue weighted by Gasteiger charge is -2.32. The van der Waals surface area contributed by atoms with Gasteiger partial charge in [0.05, 0.1) is 11.4 Å². The van der Waals surface area contributed by atoms with Gasteiger partial charge in [0.2, 0.25) is 5.82 Å². The molecule has 1 fully saturated rings. The van der Waals surface area contributed by atoms with Crippen LogP contribution in [0.3, 0.4) is 0 Å². The number of rotatable bonds is 7. The number of benzene rings is 3. The van der Waals surface area contributed by atoms with Crippen LogP contribution in [-0.2, 0) is 9.59 Å². The molecule has 2 aliphatic rings. The van der Waals surface area contributed by atoms with Gasteiger partial charge in [-0.2, -0.15) is 5.21 Å². The molecule has 6 rings (SSSR count). The van der Waals surface area contributed by atoms with Crippen LogP contribution in [0.1, 0.15) is 39.0 Å². The Morgan fingerprint density at radius 3 is 2.43 bits per heavy atom. The van der Waals surface area contributed by atoms with E-state index in [1.807, 2.05) is 61.5 Å². The van der Waals surface area contributed by atoms with Crippen molar-refractivity contribution in [3.8, 4) is 11.4 Å². The zero-order chi connectivity index (χ0) is 29.1. The Hall–Kier alpha value is -5.06. The molecule has 0 saturated heterocycles. The highest BCUT2D eigenvalue weighted by atomic mass is 16.2. The van der Waals surface area contributed by atoms with E-state index in [2.05, 4.69) is 31.3 Å². The number of aromatic nitrogens is 4. The molecule has 2 unspecified atom stereocenters. The fraction of sp³-hybridized carbons (Fsp3) is 0.290. The van der Waals surface area contributed by atoms with Crippen molar-refractivity contribution in [2.45, 2.75) is 51.1 Å². The molecule has 1 aliphatic heterocycles. The van der Waals surface area contributed by atoms with Crippen molar-refractivity contribution in [3.05, 3.63) is 78.9 Å². The van der Waals surface area contributed by atoms with Gasteiger partial charge in [-0.1, -0.05) is 68.1 Å². The molecule has 1 saturated carbocycles. The Kier molecular flexibility index (Phi) is 7.63. The second-order valence-electron chi connectivity index (χ2n) is 10.8. The molecule has 2 heterocycles. The van der Waals surface area contributed by atoms with Crippen LogP contribution >= 0.6 is 0 Å².